The average molecular weight is 377 g/mol. The maximum absolute atomic E-state index is 4.48. The highest BCUT2D eigenvalue weighted by Gasteiger charge is 2.05. The Bertz CT molecular complexity index is 1060. The van der Waals surface area contributed by atoms with Crippen molar-refractivity contribution in [2.24, 2.45) is 20.5 Å². The van der Waals surface area contributed by atoms with Crippen molar-refractivity contribution in [3.63, 3.8) is 0 Å². The normalized spacial score (nSPS) is 11.9. The van der Waals surface area contributed by atoms with Gasteiger partial charge in [0.05, 0.1) is 21.8 Å². The highest BCUT2D eigenvalue weighted by Crippen LogP contribution is 2.34. The highest BCUT2D eigenvalue weighted by atomic mass is 32.1. The van der Waals surface area contributed by atoms with Crippen LogP contribution < -0.4 is 0 Å². The monoisotopic (exact) mass is 377 g/mol. The van der Waals surface area contributed by atoms with E-state index in [9.17, 15) is 0 Å². The van der Waals surface area contributed by atoms with Gasteiger partial charge in [0.25, 0.3) is 0 Å². The fraction of sp³-hybridized carbons (Fsp3) is 0.105. The number of rotatable bonds is 4. The summed E-state index contributed by atoms with van der Waals surface area (Å²) in [6.45, 7) is 4.13. The predicted octanol–water partition coefficient (Wildman–Crippen LogP) is 7.81. The zero-order chi connectivity index (χ0) is 17.9. The molecule has 0 N–H and O–H groups in total. The minimum atomic E-state index is 0.675. The van der Waals surface area contributed by atoms with Gasteiger partial charge in [-0.25, -0.2) is 4.98 Å². The van der Waals surface area contributed by atoms with Gasteiger partial charge in [-0.05, 0) is 56.3 Å². The number of benzene rings is 2. The second-order valence-electron chi connectivity index (χ2n) is 5.77. The summed E-state index contributed by atoms with van der Waals surface area (Å²) in [6, 6.07) is 17.5. The molecule has 0 saturated carbocycles. The van der Waals surface area contributed by atoms with Crippen LogP contribution in [0.3, 0.4) is 0 Å². The third-order valence-corrected chi connectivity index (χ3v) is 5.58. The lowest BCUT2D eigenvalue weighted by molar-refractivity contribution is 1.20. The van der Waals surface area contributed by atoms with E-state index >= 15 is 0 Å². The van der Waals surface area contributed by atoms with Crippen molar-refractivity contribution in [2.75, 3.05) is 0 Å². The van der Waals surface area contributed by atoms with Gasteiger partial charge in [0.15, 0.2) is 0 Å². The third kappa shape index (κ3) is 3.89. The minimum Gasteiger partial charge on any atom is -0.206 e. The van der Waals surface area contributed by atoms with Crippen molar-refractivity contribution in [3.8, 4) is 0 Å². The molecule has 2 aromatic carbocycles. The fourth-order valence-electron chi connectivity index (χ4n) is 2.29. The molecule has 5 nitrogen and oxygen atoms in total. The standard InChI is InChI=1S/C19H15N5S2/c1-12-3-5-14(6-4-12)21-22-15-7-9-16(10-8-15)23-24-19-20-18-17(26-19)11-13(2)25-18/h3-11H,1-2H3. The number of nitrogens with zero attached hydrogens (tertiary/aromatic N) is 5. The van der Waals surface area contributed by atoms with E-state index in [1.54, 1.807) is 22.7 Å². The highest BCUT2D eigenvalue weighted by molar-refractivity contribution is 7.28. The Morgan fingerprint density at radius 2 is 1.23 bits per heavy atom. The molecule has 128 valence electrons. The van der Waals surface area contributed by atoms with Crippen molar-refractivity contribution in [3.05, 3.63) is 65.0 Å². The molecule has 26 heavy (non-hydrogen) atoms. The number of thiophene rings is 1. The van der Waals surface area contributed by atoms with Crippen LogP contribution in [0.2, 0.25) is 0 Å². The van der Waals surface area contributed by atoms with Gasteiger partial charge in [0.2, 0.25) is 5.13 Å². The van der Waals surface area contributed by atoms with E-state index < -0.39 is 0 Å². The van der Waals surface area contributed by atoms with Crippen molar-refractivity contribution < 1.29 is 0 Å². The smallest absolute Gasteiger partial charge is 0.206 e. The van der Waals surface area contributed by atoms with Crippen LogP contribution >= 0.6 is 22.7 Å². The molecule has 0 radical (unpaired) electrons. The predicted molar refractivity (Wildman–Crippen MR) is 108 cm³/mol. The van der Waals surface area contributed by atoms with Crippen molar-refractivity contribution in [1.29, 1.82) is 0 Å². The van der Waals surface area contributed by atoms with Crippen LogP contribution in [0.25, 0.3) is 9.53 Å². The molecule has 0 aliphatic heterocycles. The van der Waals surface area contributed by atoms with Crippen LogP contribution in [0.4, 0.5) is 22.2 Å². The Balaban J connectivity index is 1.44. The van der Waals surface area contributed by atoms with Crippen LogP contribution in [-0.4, -0.2) is 4.98 Å². The molecule has 0 saturated heterocycles. The summed E-state index contributed by atoms with van der Waals surface area (Å²) in [5.74, 6) is 0. The largest absolute Gasteiger partial charge is 0.231 e. The molecule has 0 aliphatic rings. The van der Waals surface area contributed by atoms with Gasteiger partial charge in [-0.15, -0.1) is 21.6 Å². The summed E-state index contributed by atoms with van der Waals surface area (Å²) in [6.07, 6.45) is 0. The molecule has 0 bridgehead atoms. The number of aryl methyl sites for hydroxylation is 2. The molecule has 0 unspecified atom stereocenters. The lowest BCUT2D eigenvalue weighted by Gasteiger charge is -1.95. The molecule has 0 atom stereocenters. The van der Waals surface area contributed by atoms with Gasteiger partial charge in [0.1, 0.15) is 4.83 Å². The van der Waals surface area contributed by atoms with E-state index in [1.165, 1.54) is 10.4 Å². The molecule has 2 aromatic heterocycles. The topological polar surface area (TPSA) is 62.3 Å². The maximum atomic E-state index is 4.48. The van der Waals surface area contributed by atoms with E-state index in [1.807, 2.05) is 55.5 Å². The van der Waals surface area contributed by atoms with Gasteiger partial charge in [-0.2, -0.15) is 10.2 Å². The minimum absolute atomic E-state index is 0.675. The van der Waals surface area contributed by atoms with E-state index in [0.717, 1.165) is 26.6 Å². The van der Waals surface area contributed by atoms with Gasteiger partial charge in [0, 0.05) is 4.88 Å². The number of azo groups is 2. The maximum Gasteiger partial charge on any atom is 0.231 e. The number of aromatic nitrogens is 1. The first kappa shape index (κ1) is 16.7. The number of fused-ring (bicyclic) bond motifs is 1. The summed E-state index contributed by atoms with van der Waals surface area (Å²) < 4.78 is 1.16. The number of hydrogen-bond acceptors (Lipinski definition) is 7. The zero-order valence-electron chi connectivity index (χ0n) is 14.2. The molecule has 4 aromatic rings. The van der Waals surface area contributed by atoms with E-state index in [4.69, 9.17) is 0 Å². The lowest BCUT2D eigenvalue weighted by Crippen LogP contribution is -1.68. The number of hydrogen-bond donors (Lipinski definition) is 0. The molecular formula is C19H15N5S2. The second-order valence-corrected chi connectivity index (χ2v) is 8.02. The van der Waals surface area contributed by atoms with Gasteiger partial charge >= 0.3 is 0 Å². The summed E-state index contributed by atoms with van der Waals surface area (Å²) in [4.78, 5) is 6.76. The lowest BCUT2D eigenvalue weighted by atomic mass is 10.2. The molecule has 2 heterocycles. The number of thiazole rings is 1. The van der Waals surface area contributed by atoms with Crippen LogP contribution in [0, 0.1) is 13.8 Å². The Kier molecular flexibility index (Phi) is 4.64. The third-order valence-electron chi connectivity index (χ3n) is 3.62. The molecule has 0 spiro atoms. The van der Waals surface area contributed by atoms with E-state index in [0.29, 0.717) is 5.13 Å². The Hall–Kier alpha value is -2.77. The second kappa shape index (κ2) is 7.23. The van der Waals surface area contributed by atoms with Crippen molar-refractivity contribution in [1.82, 2.24) is 4.98 Å². The molecule has 7 heteroatoms. The van der Waals surface area contributed by atoms with Gasteiger partial charge in [-0.3, -0.25) is 0 Å². The van der Waals surface area contributed by atoms with Gasteiger partial charge < -0.3 is 0 Å². The molecule has 0 amide bonds. The Morgan fingerprint density at radius 3 is 1.81 bits per heavy atom. The van der Waals surface area contributed by atoms with Crippen molar-refractivity contribution >= 4 is 54.4 Å². The zero-order valence-corrected chi connectivity index (χ0v) is 15.9. The summed E-state index contributed by atoms with van der Waals surface area (Å²) in [7, 11) is 0. The van der Waals surface area contributed by atoms with E-state index in [-0.39, 0.29) is 0 Å². The first-order valence-corrected chi connectivity index (χ1v) is 9.66. The molecule has 4 rings (SSSR count). The van der Waals surface area contributed by atoms with Crippen molar-refractivity contribution in [2.45, 2.75) is 13.8 Å². The first-order chi connectivity index (χ1) is 12.7. The molecular weight excluding hydrogens is 362 g/mol. The van der Waals surface area contributed by atoms with Gasteiger partial charge in [-0.1, -0.05) is 29.0 Å². The van der Waals surface area contributed by atoms with Crippen LogP contribution in [0.15, 0.2) is 75.1 Å². The average Bonchev–Trinajstić information content (AvgIpc) is 3.17. The first-order valence-electron chi connectivity index (χ1n) is 8.03. The van der Waals surface area contributed by atoms with Crippen LogP contribution in [0.5, 0.6) is 0 Å². The SMILES string of the molecule is Cc1ccc(N=Nc2ccc(N=Nc3nc4sc(C)cc4s3)cc2)cc1. The summed E-state index contributed by atoms with van der Waals surface area (Å²) in [5, 5.41) is 17.6. The fourth-order valence-corrected chi connectivity index (χ4v) is 4.23. The van der Waals surface area contributed by atoms with Crippen LogP contribution in [0.1, 0.15) is 10.4 Å². The quantitative estimate of drug-likeness (QED) is 0.334. The summed E-state index contributed by atoms with van der Waals surface area (Å²) in [5.41, 5.74) is 3.57. The van der Waals surface area contributed by atoms with E-state index in [2.05, 4.69) is 38.4 Å². The molecule has 0 aliphatic carbocycles. The Morgan fingerprint density at radius 1 is 0.692 bits per heavy atom. The molecule has 0 fully saturated rings. The van der Waals surface area contributed by atoms with Crippen LogP contribution in [-0.2, 0) is 0 Å². The Labute approximate surface area is 158 Å². The summed E-state index contributed by atoms with van der Waals surface area (Å²) >= 11 is 3.23.